The van der Waals surface area contributed by atoms with E-state index in [1.807, 2.05) is 13.0 Å². The number of aryl methyl sites for hydroxylation is 1. The lowest BCUT2D eigenvalue weighted by Crippen LogP contribution is -2.33. The summed E-state index contributed by atoms with van der Waals surface area (Å²) in [6.45, 7) is 1.92. The van der Waals surface area contributed by atoms with Crippen molar-refractivity contribution < 1.29 is 4.42 Å². The lowest BCUT2D eigenvalue weighted by Gasteiger charge is -2.19. The molecule has 2 rings (SSSR count). The van der Waals surface area contributed by atoms with Crippen molar-refractivity contribution in [2.24, 2.45) is 10.8 Å². The summed E-state index contributed by atoms with van der Waals surface area (Å²) in [6, 6.07) is 2.31. The standard InChI is InChI=1S/C12H19N3O/c1-9-11(7-8-16-9)12(15-13)14-10-5-3-2-4-6-10/h7-8,10H,2-6,13H2,1H3,(H,14,15). The Bertz CT molecular complexity index is 364. The predicted octanol–water partition coefficient (Wildman–Crippen LogP) is 2.13. The molecule has 0 bridgehead atoms. The second-order valence-electron chi connectivity index (χ2n) is 4.30. The van der Waals surface area contributed by atoms with Crippen LogP contribution in [0.2, 0.25) is 0 Å². The molecule has 1 aromatic heterocycles. The third kappa shape index (κ3) is 2.44. The number of nitrogens with one attached hydrogen (secondary N) is 1. The molecule has 0 saturated heterocycles. The van der Waals surface area contributed by atoms with Gasteiger partial charge in [-0.15, -0.1) is 0 Å². The molecule has 0 aliphatic heterocycles. The fraction of sp³-hybridized carbons (Fsp3) is 0.583. The number of aliphatic imine (C=N–C) groups is 1. The Labute approximate surface area is 95.9 Å². The van der Waals surface area contributed by atoms with Gasteiger partial charge in [-0.25, -0.2) is 5.84 Å². The molecule has 1 aromatic rings. The lowest BCUT2D eigenvalue weighted by atomic mass is 9.96. The second-order valence-corrected chi connectivity index (χ2v) is 4.30. The molecule has 0 unspecified atom stereocenters. The van der Waals surface area contributed by atoms with Gasteiger partial charge in [0.15, 0.2) is 0 Å². The van der Waals surface area contributed by atoms with E-state index in [0.717, 1.165) is 17.2 Å². The normalized spacial score (nSPS) is 18.8. The summed E-state index contributed by atoms with van der Waals surface area (Å²) in [4.78, 5) is 4.68. The molecular weight excluding hydrogens is 202 g/mol. The molecule has 0 atom stereocenters. The highest BCUT2D eigenvalue weighted by atomic mass is 16.3. The minimum absolute atomic E-state index is 0.411. The van der Waals surface area contributed by atoms with Gasteiger partial charge in [0.2, 0.25) is 0 Å². The zero-order chi connectivity index (χ0) is 11.4. The molecule has 3 N–H and O–H groups in total. The van der Waals surface area contributed by atoms with Gasteiger partial charge in [0.25, 0.3) is 0 Å². The SMILES string of the molecule is Cc1occc1C(=NC1CCCCC1)NN. The van der Waals surface area contributed by atoms with Crippen molar-refractivity contribution in [3.63, 3.8) is 0 Å². The van der Waals surface area contributed by atoms with Crippen LogP contribution in [0.3, 0.4) is 0 Å². The van der Waals surface area contributed by atoms with Crippen LogP contribution in [0.15, 0.2) is 21.7 Å². The topological polar surface area (TPSA) is 63.5 Å². The maximum absolute atomic E-state index is 5.53. The van der Waals surface area contributed by atoms with Crippen molar-refractivity contribution >= 4 is 5.84 Å². The Kier molecular flexibility index (Phi) is 3.62. The van der Waals surface area contributed by atoms with E-state index >= 15 is 0 Å². The van der Waals surface area contributed by atoms with E-state index in [4.69, 9.17) is 10.3 Å². The van der Waals surface area contributed by atoms with Gasteiger partial charge in [-0.2, -0.15) is 0 Å². The average Bonchev–Trinajstić information content (AvgIpc) is 2.74. The van der Waals surface area contributed by atoms with Crippen LogP contribution in [0.4, 0.5) is 0 Å². The highest BCUT2D eigenvalue weighted by molar-refractivity contribution is 5.99. The van der Waals surface area contributed by atoms with Crippen molar-refractivity contribution in [1.29, 1.82) is 0 Å². The van der Waals surface area contributed by atoms with Gasteiger partial charge >= 0.3 is 0 Å². The van der Waals surface area contributed by atoms with Crippen molar-refractivity contribution in [3.8, 4) is 0 Å². The Balaban J connectivity index is 2.15. The van der Waals surface area contributed by atoms with Crippen LogP contribution in [0, 0.1) is 6.92 Å². The smallest absolute Gasteiger partial charge is 0.146 e. The molecule has 0 radical (unpaired) electrons. The van der Waals surface area contributed by atoms with E-state index in [-0.39, 0.29) is 0 Å². The molecule has 1 heterocycles. The second kappa shape index (κ2) is 5.16. The van der Waals surface area contributed by atoms with Crippen LogP contribution < -0.4 is 11.3 Å². The minimum atomic E-state index is 0.411. The third-order valence-corrected chi connectivity index (χ3v) is 3.14. The van der Waals surface area contributed by atoms with Crippen LogP contribution in [0.5, 0.6) is 0 Å². The van der Waals surface area contributed by atoms with E-state index in [9.17, 15) is 0 Å². The summed E-state index contributed by atoms with van der Waals surface area (Å²) in [5, 5.41) is 0. The molecule has 0 amide bonds. The van der Waals surface area contributed by atoms with Crippen molar-refractivity contribution in [2.75, 3.05) is 0 Å². The Hall–Kier alpha value is -1.29. The number of nitrogens with two attached hydrogens (primary N) is 1. The van der Waals surface area contributed by atoms with Crippen molar-refractivity contribution in [3.05, 3.63) is 23.7 Å². The van der Waals surface area contributed by atoms with Crippen LogP contribution in [-0.4, -0.2) is 11.9 Å². The van der Waals surface area contributed by atoms with Gasteiger partial charge in [-0.05, 0) is 25.8 Å². The van der Waals surface area contributed by atoms with E-state index in [1.54, 1.807) is 6.26 Å². The molecule has 88 valence electrons. The summed E-state index contributed by atoms with van der Waals surface area (Å²) in [5.41, 5.74) is 3.65. The summed E-state index contributed by atoms with van der Waals surface area (Å²) in [6.07, 6.45) is 7.89. The zero-order valence-electron chi connectivity index (χ0n) is 9.70. The van der Waals surface area contributed by atoms with Crippen LogP contribution in [-0.2, 0) is 0 Å². The van der Waals surface area contributed by atoms with Gasteiger partial charge in [-0.3, -0.25) is 4.99 Å². The zero-order valence-corrected chi connectivity index (χ0v) is 9.70. The number of nitrogens with zero attached hydrogens (tertiary/aromatic N) is 1. The Morgan fingerprint density at radius 1 is 1.44 bits per heavy atom. The molecule has 0 aromatic carbocycles. The van der Waals surface area contributed by atoms with Gasteiger partial charge in [0.1, 0.15) is 11.6 Å². The highest BCUT2D eigenvalue weighted by Gasteiger charge is 2.15. The molecule has 16 heavy (non-hydrogen) atoms. The molecule has 1 aliphatic carbocycles. The maximum atomic E-state index is 5.53. The molecule has 1 fully saturated rings. The summed E-state index contributed by atoms with van der Waals surface area (Å²) < 4.78 is 5.26. The summed E-state index contributed by atoms with van der Waals surface area (Å²) >= 11 is 0. The third-order valence-electron chi connectivity index (χ3n) is 3.14. The lowest BCUT2D eigenvalue weighted by molar-refractivity contribution is 0.442. The highest BCUT2D eigenvalue weighted by Crippen LogP contribution is 2.21. The van der Waals surface area contributed by atoms with Gasteiger partial charge in [0.05, 0.1) is 17.9 Å². The first kappa shape index (κ1) is 11.2. The van der Waals surface area contributed by atoms with E-state index < -0.39 is 0 Å². The monoisotopic (exact) mass is 221 g/mol. The first-order valence-electron chi connectivity index (χ1n) is 5.90. The average molecular weight is 221 g/mol. The number of hydrogen-bond donors (Lipinski definition) is 2. The Morgan fingerprint density at radius 3 is 2.75 bits per heavy atom. The minimum Gasteiger partial charge on any atom is -0.469 e. The fourth-order valence-electron chi connectivity index (χ4n) is 2.21. The number of rotatable bonds is 2. The van der Waals surface area contributed by atoms with Gasteiger partial charge in [-0.1, -0.05) is 19.3 Å². The van der Waals surface area contributed by atoms with E-state index in [1.165, 1.54) is 32.1 Å². The molecule has 0 spiro atoms. The number of amidine groups is 1. The van der Waals surface area contributed by atoms with Crippen molar-refractivity contribution in [1.82, 2.24) is 5.43 Å². The molecule has 4 heteroatoms. The molecular formula is C12H19N3O. The number of hydrogen-bond acceptors (Lipinski definition) is 3. The van der Waals surface area contributed by atoms with Gasteiger partial charge in [0, 0.05) is 0 Å². The van der Waals surface area contributed by atoms with Crippen LogP contribution in [0.25, 0.3) is 0 Å². The van der Waals surface area contributed by atoms with E-state index in [2.05, 4.69) is 10.4 Å². The molecule has 1 saturated carbocycles. The molecule has 4 nitrogen and oxygen atoms in total. The van der Waals surface area contributed by atoms with Crippen LogP contribution >= 0.6 is 0 Å². The first-order valence-corrected chi connectivity index (χ1v) is 5.90. The Morgan fingerprint density at radius 2 is 2.19 bits per heavy atom. The van der Waals surface area contributed by atoms with E-state index in [0.29, 0.717) is 6.04 Å². The summed E-state index contributed by atoms with van der Waals surface area (Å²) in [7, 11) is 0. The first-order chi connectivity index (χ1) is 7.81. The fourth-order valence-corrected chi connectivity index (χ4v) is 2.21. The van der Waals surface area contributed by atoms with Crippen LogP contribution in [0.1, 0.15) is 43.4 Å². The maximum Gasteiger partial charge on any atom is 0.146 e. The number of furan rings is 1. The largest absolute Gasteiger partial charge is 0.469 e. The quantitative estimate of drug-likeness (QED) is 0.348. The number of hydrazine groups is 1. The van der Waals surface area contributed by atoms with Gasteiger partial charge < -0.3 is 9.84 Å². The molecule has 1 aliphatic rings. The predicted molar refractivity (Wildman–Crippen MR) is 64.2 cm³/mol. The summed E-state index contributed by atoms with van der Waals surface area (Å²) in [5.74, 6) is 7.13. The van der Waals surface area contributed by atoms with Crippen molar-refractivity contribution in [2.45, 2.75) is 45.1 Å².